The largest absolute Gasteiger partial charge is 0.491 e. The van der Waals surface area contributed by atoms with Gasteiger partial charge in [0.1, 0.15) is 18.1 Å². The molecule has 0 spiro atoms. The van der Waals surface area contributed by atoms with Gasteiger partial charge in [-0.25, -0.2) is 4.99 Å². The molecule has 2 N–H and O–H groups in total. The molecule has 6 nitrogen and oxygen atoms in total. The average Bonchev–Trinajstić information content (AvgIpc) is 2.75. The Balaban J connectivity index is 0.00000512. The normalized spacial score (nSPS) is 11.5. The molecular weight excluding hydrogens is 538 g/mol. The third-order valence-electron chi connectivity index (χ3n) is 4.00. The van der Waals surface area contributed by atoms with Gasteiger partial charge in [0.05, 0.1) is 13.2 Å². The van der Waals surface area contributed by atoms with Gasteiger partial charge in [-0.2, -0.15) is 13.2 Å². The van der Waals surface area contributed by atoms with Gasteiger partial charge in [0.25, 0.3) is 0 Å². The van der Waals surface area contributed by atoms with E-state index in [-0.39, 0.29) is 29.7 Å². The molecule has 0 amide bonds. The monoisotopic (exact) mass is 567 g/mol. The minimum Gasteiger partial charge on any atom is -0.491 e. The van der Waals surface area contributed by atoms with Crippen LogP contribution in [-0.2, 0) is 17.8 Å². The van der Waals surface area contributed by atoms with Crippen molar-refractivity contribution in [2.24, 2.45) is 4.99 Å². The molecule has 0 radical (unpaired) electrons. The van der Waals surface area contributed by atoms with Crippen LogP contribution >= 0.6 is 24.0 Å². The molecule has 0 aliphatic heterocycles. The highest BCUT2D eigenvalue weighted by molar-refractivity contribution is 14.0. The summed E-state index contributed by atoms with van der Waals surface area (Å²) in [6.07, 6.45) is -4.35. The molecule has 0 saturated carbocycles. The van der Waals surface area contributed by atoms with Gasteiger partial charge in [0.2, 0.25) is 0 Å². The number of benzene rings is 2. The van der Waals surface area contributed by atoms with E-state index < -0.39 is 12.8 Å². The van der Waals surface area contributed by atoms with Crippen molar-refractivity contribution in [2.45, 2.75) is 26.2 Å². The van der Waals surface area contributed by atoms with Crippen LogP contribution in [0.15, 0.2) is 53.5 Å². The van der Waals surface area contributed by atoms with Crippen molar-refractivity contribution in [1.29, 1.82) is 0 Å². The van der Waals surface area contributed by atoms with Crippen molar-refractivity contribution in [1.82, 2.24) is 10.6 Å². The Kier molecular flexibility index (Phi) is 12.8. The zero-order chi connectivity index (χ0) is 22.5. The fourth-order valence-corrected chi connectivity index (χ4v) is 2.54. The summed E-state index contributed by atoms with van der Waals surface area (Å²) in [5.41, 5.74) is 1.89. The minimum absolute atomic E-state index is 0. The van der Waals surface area contributed by atoms with E-state index in [2.05, 4.69) is 15.6 Å². The van der Waals surface area contributed by atoms with Crippen molar-refractivity contribution < 1.29 is 27.4 Å². The van der Waals surface area contributed by atoms with E-state index in [4.69, 9.17) is 14.2 Å². The number of nitrogens with one attached hydrogen (secondary N) is 2. The molecule has 0 heterocycles. The second-order valence-corrected chi connectivity index (χ2v) is 6.59. The van der Waals surface area contributed by atoms with Crippen LogP contribution in [0.2, 0.25) is 0 Å². The summed E-state index contributed by atoms with van der Waals surface area (Å²) in [5, 5.41) is 6.38. The third-order valence-corrected chi connectivity index (χ3v) is 4.00. The van der Waals surface area contributed by atoms with Crippen LogP contribution in [0, 0.1) is 0 Å². The van der Waals surface area contributed by atoms with Crippen LogP contribution < -0.4 is 20.1 Å². The molecule has 0 aliphatic carbocycles. The number of hydrogen-bond donors (Lipinski definition) is 2. The molecule has 0 aliphatic rings. The Bertz CT molecular complexity index is 818. The first kappa shape index (κ1) is 27.8. The fourth-order valence-electron chi connectivity index (χ4n) is 2.54. The zero-order valence-electron chi connectivity index (χ0n) is 18.1. The van der Waals surface area contributed by atoms with Crippen LogP contribution in [0.3, 0.4) is 0 Å². The maximum atomic E-state index is 12.2. The van der Waals surface area contributed by atoms with Gasteiger partial charge < -0.3 is 24.8 Å². The van der Waals surface area contributed by atoms with Crippen LogP contribution in [0.4, 0.5) is 13.2 Å². The smallest absolute Gasteiger partial charge is 0.422 e. The Hall–Kier alpha value is -2.21. The standard InChI is InChI=1S/C22H28F3N3O3.HI/c1-3-26-21(28-15-18-5-4-6-20(13-18)30-12-11-29-2)27-14-17-7-9-19(10-8-17)31-16-22(23,24)25;/h4-10,13H,3,11-12,14-16H2,1-2H3,(H2,26,27,28);1H. The second-order valence-electron chi connectivity index (χ2n) is 6.59. The molecule has 0 fully saturated rings. The van der Waals surface area contributed by atoms with Crippen molar-refractivity contribution in [2.75, 3.05) is 33.5 Å². The predicted molar refractivity (Wildman–Crippen MR) is 129 cm³/mol. The molecule has 32 heavy (non-hydrogen) atoms. The molecule has 0 bridgehead atoms. The van der Waals surface area contributed by atoms with E-state index in [1.54, 1.807) is 19.2 Å². The Morgan fingerprint density at radius 2 is 1.69 bits per heavy atom. The number of nitrogens with zero attached hydrogens (tertiary/aromatic N) is 1. The van der Waals surface area contributed by atoms with E-state index in [1.807, 2.05) is 31.2 Å². The van der Waals surface area contributed by atoms with E-state index >= 15 is 0 Å². The number of methoxy groups -OCH3 is 1. The minimum atomic E-state index is -4.35. The summed E-state index contributed by atoms with van der Waals surface area (Å²) >= 11 is 0. The average molecular weight is 567 g/mol. The van der Waals surface area contributed by atoms with E-state index in [9.17, 15) is 13.2 Å². The summed E-state index contributed by atoms with van der Waals surface area (Å²) in [5.74, 6) is 1.57. The number of halogens is 4. The number of rotatable bonds is 11. The molecule has 0 aromatic heterocycles. The topological polar surface area (TPSA) is 64.1 Å². The fraction of sp³-hybridized carbons (Fsp3) is 0.409. The molecular formula is C22H29F3IN3O3. The molecule has 10 heteroatoms. The quantitative estimate of drug-likeness (QED) is 0.181. The summed E-state index contributed by atoms with van der Waals surface area (Å²) < 4.78 is 52.0. The first-order chi connectivity index (χ1) is 14.9. The lowest BCUT2D eigenvalue weighted by atomic mass is 10.2. The number of aliphatic imine (C=N–C) groups is 1. The molecule has 2 aromatic carbocycles. The molecule has 2 aromatic rings. The summed E-state index contributed by atoms with van der Waals surface area (Å²) in [6, 6.07) is 14.2. The maximum Gasteiger partial charge on any atom is 0.422 e. The predicted octanol–water partition coefficient (Wildman–Crippen LogP) is 4.53. The summed E-state index contributed by atoms with van der Waals surface area (Å²) in [4.78, 5) is 4.57. The van der Waals surface area contributed by atoms with Crippen molar-refractivity contribution in [3.05, 3.63) is 59.7 Å². The van der Waals surface area contributed by atoms with Gasteiger partial charge in [0, 0.05) is 20.2 Å². The second kappa shape index (κ2) is 14.8. The highest BCUT2D eigenvalue weighted by Crippen LogP contribution is 2.19. The van der Waals surface area contributed by atoms with Crippen LogP contribution in [0.1, 0.15) is 18.1 Å². The van der Waals surface area contributed by atoms with Gasteiger partial charge in [0.15, 0.2) is 12.6 Å². The Morgan fingerprint density at radius 1 is 0.938 bits per heavy atom. The molecule has 0 atom stereocenters. The molecule has 178 valence electrons. The van der Waals surface area contributed by atoms with Crippen molar-refractivity contribution in [3.8, 4) is 11.5 Å². The maximum absolute atomic E-state index is 12.2. The van der Waals surface area contributed by atoms with Crippen molar-refractivity contribution >= 4 is 29.9 Å². The van der Waals surface area contributed by atoms with E-state index in [1.165, 1.54) is 12.1 Å². The Labute approximate surface area is 203 Å². The Morgan fingerprint density at radius 3 is 2.34 bits per heavy atom. The van der Waals surface area contributed by atoms with Gasteiger partial charge in [-0.3, -0.25) is 0 Å². The van der Waals surface area contributed by atoms with Gasteiger partial charge >= 0.3 is 6.18 Å². The lowest BCUT2D eigenvalue weighted by molar-refractivity contribution is -0.153. The van der Waals surface area contributed by atoms with Gasteiger partial charge in [-0.05, 0) is 42.3 Å². The summed E-state index contributed by atoms with van der Waals surface area (Å²) in [6.45, 7) is 3.28. The zero-order valence-corrected chi connectivity index (χ0v) is 20.4. The van der Waals surface area contributed by atoms with E-state index in [0.29, 0.717) is 38.8 Å². The van der Waals surface area contributed by atoms with Gasteiger partial charge in [-0.15, -0.1) is 24.0 Å². The van der Waals surface area contributed by atoms with Crippen LogP contribution in [0.25, 0.3) is 0 Å². The number of alkyl halides is 3. The number of ether oxygens (including phenoxy) is 3. The number of guanidine groups is 1. The SMILES string of the molecule is CCNC(=NCc1cccc(OCCOC)c1)NCc1ccc(OCC(F)(F)F)cc1.I. The van der Waals surface area contributed by atoms with Crippen LogP contribution in [-0.4, -0.2) is 45.6 Å². The first-order valence-corrected chi connectivity index (χ1v) is 9.91. The lowest BCUT2D eigenvalue weighted by Crippen LogP contribution is -2.36. The molecule has 0 unspecified atom stereocenters. The highest BCUT2D eigenvalue weighted by Gasteiger charge is 2.28. The number of hydrogen-bond acceptors (Lipinski definition) is 4. The van der Waals surface area contributed by atoms with Gasteiger partial charge in [-0.1, -0.05) is 24.3 Å². The van der Waals surface area contributed by atoms with Crippen molar-refractivity contribution in [3.63, 3.8) is 0 Å². The highest BCUT2D eigenvalue weighted by atomic mass is 127. The lowest BCUT2D eigenvalue weighted by Gasteiger charge is -2.13. The summed E-state index contributed by atoms with van der Waals surface area (Å²) in [7, 11) is 1.62. The third kappa shape index (κ3) is 11.4. The van der Waals surface area contributed by atoms with E-state index in [0.717, 1.165) is 16.9 Å². The molecule has 0 saturated heterocycles. The first-order valence-electron chi connectivity index (χ1n) is 9.91. The molecule has 2 rings (SSSR count). The van der Waals surface area contributed by atoms with Crippen LogP contribution in [0.5, 0.6) is 11.5 Å².